The highest BCUT2D eigenvalue weighted by Crippen LogP contribution is 2.40. The van der Waals surface area contributed by atoms with Crippen molar-refractivity contribution in [2.45, 2.75) is 69.5 Å². The van der Waals surface area contributed by atoms with E-state index in [2.05, 4.69) is 20.7 Å². The van der Waals surface area contributed by atoms with E-state index in [1.807, 2.05) is 18.3 Å². The summed E-state index contributed by atoms with van der Waals surface area (Å²) in [6.07, 6.45) is 10.4. The van der Waals surface area contributed by atoms with Crippen molar-refractivity contribution in [2.75, 3.05) is 11.1 Å². The number of Topliss-reactive ketones (excluding diaryl/α,β-unsaturated/α-hetero) is 1. The fraction of sp³-hybridized carbons (Fsp3) is 0.478. The standard InChI is InChI=1S/C23H27N7O/c1-12(31)20-21(14-8-16-5-6-17(9-14)27-16)29-23-18(11-26-30(23)22(20)24)13-2-7-19(25-10-13)28-15-3-4-15/h2,7,10-11,14-17,27H,3-6,8-9,24H2,1H3,(H,25,28). The lowest BCUT2D eigenvalue weighted by molar-refractivity contribution is 0.101. The third-order valence-electron chi connectivity index (χ3n) is 6.93. The number of fused-ring (bicyclic) bond motifs is 3. The molecule has 0 spiro atoms. The molecule has 2 atom stereocenters. The second kappa shape index (κ2) is 7.02. The lowest BCUT2D eigenvalue weighted by Crippen LogP contribution is -2.38. The summed E-state index contributed by atoms with van der Waals surface area (Å²) in [6.45, 7) is 1.57. The van der Waals surface area contributed by atoms with Gasteiger partial charge in [-0.1, -0.05) is 0 Å². The van der Waals surface area contributed by atoms with Gasteiger partial charge in [-0.25, -0.2) is 9.97 Å². The molecule has 0 aromatic carbocycles. The summed E-state index contributed by atoms with van der Waals surface area (Å²) in [5.41, 5.74) is 10.4. The van der Waals surface area contributed by atoms with Crippen molar-refractivity contribution < 1.29 is 4.79 Å². The van der Waals surface area contributed by atoms with Crippen molar-refractivity contribution in [1.29, 1.82) is 0 Å². The lowest BCUT2D eigenvalue weighted by Gasteiger charge is -2.30. The molecule has 6 rings (SSSR count). The van der Waals surface area contributed by atoms with Crippen molar-refractivity contribution >= 4 is 23.1 Å². The van der Waals surface area contributed by atoms with Crippen molar-refractivity contribution in [1.82, 2.24) is 24.9 Å². The number of carbonyl (C=O) groups excluding carboxylic acids is 1. The normalized spacial score (nSPS) is 25.1. The molecule has 3 aromatic heterocycles. The van der Waals surface area contributed by atoms with Crippen LogP contribution < -0.4 is 16.4 Å². The van der Waals surface area contributed by atoms with Crippen molar-refractivity contribution in [3.63, 3.8) is 0 Å². The monoisotopic (exact) mass is 417 g/mol. The van der Waals surface area contributed by atoms with E-state index in [4.69, 9.17) is 10.7 Å². The molecule has 4 N–H and O–H groups in total. The average Bonchev–Trinajstić information content (AvgIpc) is 3.37. The van der Waals surface area contributed by atoms with Crippen molar-refractivity contribution in [3.05, 3.63) is 35.8 Å². The van der Waals surface area contributed by atoms with E-state index in [1.165, 1.54) is 25.7 Å². The predicted octanol–water partition coefficient (Wildman–Crippen LogP) is 3.15. The number of ketones is 1. The molecule has 3 aliphatic rings. The smallest absolute Gasteiger partial charge is 0.165 e. The summed E-state index contributed by atoms with van der Waals surface area (Å²) < 4.78 is 1.60. The summed E-state index contributed by atoms with van der Waals surface area (Å²) in [5.74, 6) is 1.45. The first kappa shape index (κ1) is 18.7. The van der Waals surface area contributed by atoms with Crippen LogP contribution in [0.5, 0.6) is 0 Å². The zero-order valence-corrected chi connectivity index (χ0v) is 17.6. The van der Waals surface area contributed by atoms with Crippen LogP contribution >= 0.6 is 0 Å². The maximum absolute atomic E-state index is 12.6. The van der Waals surface area contributed by atoms with Crippen LogP contribution in [0.25, 0.3) is 16.8 Å². The fourth-order valence-electron chi connectivity index (χ4n) is 5.25. The van der Waals surface area contributed by atoms with Crippen LogP contribution in [0, 0.1) is 0 Å². The van der Waals surface area contributed by atoms with Crippen molar-refractivity contribution in [3.8, 4) is 11.1 Å². The molecule has 0 amide bonds. The molecule has 2 bridgehead atoms. The van der Waals surface area contributed by atoms with E-state index < -0.39 is 0 Å². The molecule has 1 saturated carbocycles. The van der Waals surface area contributed by atoms with Gasteiger partial charge in [-0.05, 0) is 57.6 Å². The average molecular weight is 418 g/mol. The van der Waals surface area contributed by atoms with E-state index in [-0.39, 0.29) is 11.7 Å². The lowest BCUT2D eigenvalue weighted by atomic mass is 9.86. The Morgan fingerprint density at radius 1 is 1.16 bits per heavy atom. The minimum absolute atomic E-state index is 0.0537. The number of rotatable bonds is 5. The first-order valence-electron chi connectivity index (χ1n) is 11.2. The van der Waals surface area contributed by atoms with Gasteiger partial charge in [0.1, 0.15) is 11.6 Å². The molecule has 5 heterocycles. The van der Waals surface area contributed by atoms with Crippen LogP contribution in [0.15, 0.2) is 24.5 Å². The van der Waals surface area contributed by atoms with Crippen molar-refractivity contribution in [2.24, 2.45) is 0 Å². The number of pyridine rings is 1. The molecule has 2 saturated heterocycles. The Balaban J connectivity index is 1.44. The number of nitrogens with two attached hydrogens (primary N) is 1. The molecule has 3 fully saturated rings. The van der Waals surface area contributed by atoms with Gasteiger partial charge in [0.2, 0.25) is 0 Å². The molecule has 0 radical (unpaired) electrons. The Kier molecular flexibility index (Phi) is 4.24. The highest BCUT2D eigenvalue weighted by Gasteiger charge is 2.37. The van der Waals surface area contributed by atoms with Gasteiger partial charge in [0, 0.05) is 41.4 Å². The van der Waals surface area contributed by atoms with Crippen LogP contribution in [-0.2, 0) is 0 Å². The van der Waals surface area contributed by atoms with Gasteiger partial charge in [0.15, 0.2) is 11.4 Å². The number of nitrogens with zero attached hydrogens (tertiary/aromatic N) is 4. The third-order valence-corrected chi connectivity index (χ3v) is 6.93. The highest BCUT2D eigenvalue weighted by molar-refractivity contribution is 6.00. The topological polar surface area (TPSA) is 110 Å². The van der Waals surface area contributed by atoms with E-state index in [9.17, 15) is 4.79 Å². The Hall–Kier alpha value is -3.00. The van der Waals surface area contributed by atoms with E-state index >= 15 is 0 Å². The zero-order valence-electron chi connectivity index (χ0n) is 17.6. The number of piperidine rings is 1. The second-order valence-electron chi connectivity index (χ2n) is 9.26. The largest absolute Gasteiger partial charge is 0.383 e. The quantitative estimate of drug-likeness (QED) is 0.547. The summed E-state index contributed by atoms with van der Waals surface area (Å²) in [7, 11) is 0. The number of nitrogen functional groups attached to an aromatic ring is 1. The number of nitrogens with one attached hydrogen (secondary N) is 2. The van der Waals surface area contributed by atoms with Crippen LogP contribution in [0.2, 0.25) is 0 Å². The fourth-order valence-corrected chi connectivity index (χ4v) is 5.25. The molecule has 3 aromatic rings. The molecule has 2 unspecified atom stereocenters. The van der Waals surface area contributed by atoms with E-state index in [0.29, 0.717) is 35.2 Å². The van der Waals surface area contributed by atoms with Crippen LogP contribution in [-0.4, -0.2) is 43.5 Å². The molecule has 31 heavy (non-hydrogen) atoms. The molecular weight excluding hydrogens is 390 g/mol. The van der Waals surface area contributed by atoms with Crippen LogP contribution in [0.1, 0.15) is 67.4 Å². The summed E-state index contributed by atoms with van der Waals surface area (Å²) in [4.78, 5) is 22.1. The third kappa shape index (κ3) is 3.26. The van der Waals surface area contributed by atoms with Gasteiger partial charge < -0.3 is 16.4 Å². The van der Waals surface area contributed by atoms with E-state index in [0.717, 1.165) is 35.5 Å². The van der Waals surface area contributed by atoms with Crippen LogP contribution in [0.4, 0.5) is 11.6 Å². The molecule has 8 heteroatoms. The van der Waals surface area contributed by atoms with Gasteiger partial charge >= 0.3 is 0 Å². The zero-order chi connectivity index (χ0) is 21.1. The van der Waals surface area contributed by atoms with E-state index in [1.54, 1.807) is 17.6 Å². The van der Waals surface area contributed by atoms with Gasteiger partial charge in [-0.15, -0.1) is 0 Å². The summed E-state index contributed by atoms with van der Waals surface area (Å²) in [6, 6.07) is 5.60. The Morgan fingerprint density at radius 2 is 1.94 bits per heavy atom. The number of hydrogen-bond donors (Lipinski definition) is 3. The minimum atomic E-state index is -0.0537. The number of anilines is 2. The molecule has 1 aliphatic carbocycles. The number of hydrogen-bond acceptors (Lipinski definition) is 7. The summed E-state index contributed by atoms with van der Waals surface area (Å²) >= 11 is 0. The maximum atomic E-state index is 12.6. The second-order valence-corrected chi connectivity index (χ2v) is 9.26. The minimum Gasteiger partial charge on any atom is -0.383 e. The molecule has 160 valence electrons. The number of aromatic nitrogens is 4. The first-order valence-corrected chi connectivity index (χ1v) is 11.2. The van der Waals surface area contributed by atoms with Gasteiger partial charge in [-0.3, -0.25) is 4.79 Å². The van der Waals surface area contributed by atoms with Crippen LogP contribution in [0.3, 0.4) is 0 Å². The molecular formula is C23H27N7O. The van der Waals surface area contributed by atoms with Gasteiger partial charge in [0.05, 0.1) is 17.5 Å². The highest BCUT2D eigenvalue weighted by atomic mass is 16.1. The molecule has 2 aliphatic heterocycles. The maximum Gasteiger partial charge on any atom is 0.165 e. The predicted molar refractivity (Wildman–Crippen MR) is 119 cm³/mol. The first-order chi connectivity index (χ1) is 15.1. The van der Waals surface area contributed by atoms with Gasteiger partial charge in [0.25, 0.3) is 0 Å². The SMILES string of the molecule is CC(=O)c1c(C2CC3CCC(C2)N3)nc2c(-c3ccc(NC4CC4)nc3)cnn2c1N. The molecule has 8 nitrogen and oxygen atoms in total. The summed E-state index contributed by atoms with van der Waals surface area (Å²) in [5, 5.41) is 11.5. The van der Waals surface area contributed by atoms with Gasteiger partial charge in [-0.2, -0.15) is 9.61 Å². The Labute approximate surface area is 180 Å². The Bertz CT molecular complexity index is 1150. The number of carbonyl (C=O) groups is 1. The Morgan fingerprint density at radius 3 is 2.58 bits per heavy atom.